The summed E-state index contributed by atoms with van der Waals surface area (Å²) >= 11 is 0. The van der Waals surface area contributed by atoms with E-state index in [9.17, 15) is 18.4 Å². The molecule has 1 aromatic carbocycles. The van der Waals surface area contributed by atoms with Crippen LogP contribution in [0.3, 0.4) is 0 Å². The third-order valence-electron chi connectivity index (χ3n) is 3.76. The number of aromatic nitrogens is 1. The molecule has 0 radical (unpaired) electrons. The summed E-state index contributed by atoms with van der Waals surface area (Å²) in [5.41, 5.74) is -0.692. The summed E-state index contributed by atoms with van der Waals surface area (Å²) in [6, 6.07) is 4.04. The predicted molar refractivity (Wildman–Crippen MR) is 74.0 cm³/mol. The minimum absolute atomic E-state index is 0.0925. The predicted octanol–water partition coefficient (Wildman–Crippen LogP) is 2.23. The summed E-state index contributed by atoms with van der Waals surface area (Å²) in [6.07, 6.45) is 0. The summed E-state index contributed by atoms with van der Waals surface area (Å²) in [4.78, 5) is 25.7. The number of nitrogens with one attached hydrogen (secondary N) is 1. The van der Waals surface area contributed by atoms with Gasteiger partial charge in [0.25, 0.3) is 5.91 Å². The third-order valence-corrected chi connectivity index (χ3v) is 3.76. The fourth-order valence-electron chi connectivity index (χ4n) is 2.49. The molecule has 1 N–H and O–H groups in total. The van der Waals surface area contributed by atoms with Gasteiger partial charge in [-0.1, -0.05) is 11.2 Å². The van der Waals surface area contributed by atoms with Gasteiger partial charge in [-0.15, -0.1) is 0 Å². The third kappa shape index (κ3) is 2.45. The maximum absolute atomic E-state index is 13.4. The minimum Gasteiger partial charge on any atom is -0.359 e. The van der Waals surface area contributed by atoms with Gasteiger partial charge >= 0.3 is 6.03 Å². The number of urea groups is 1. The lowest BCUT2D eigenvalue weighted by Crippen LogP contribution is -2.41. The smallest absolute Gasteiger partial charge is 0.325 e. The molecule has 6 nitrogen and oxygen atoms in total. The molecule has 120 valence electrons. The Hall–Kier alpha value is -2.77. The number of carbonyl (C=O) groups is 2. The zero-order chi connectivity index (χ0) is 16.8. The van der Waals surface area contributed by atoms with Gasteiger partial charge in [-0.3, -0.25) is 9.69 Å². The van der Waals surface area contributed by atoms with Crippen LogP contribution in [0.4, 0.5) is 13.6 Å². The highest BCUT2D eigenvalue weighted by atomic mass is 19.2. The molecule has 0 unspecified atom stereocenters. The maximum atomic E-state index is 13.4. The number of benzene rings is 1. The highest BCUT2D eigenvalue weighted by Gasteiger charge is 2.49. The van der Waals surface area contributed by atoms with Crippen LogP contribution in [0.25, 0.3) is 0 Å². The average Bonchev–Trinajstić information content (AvgIpc) is 3.00. The van der Waals surface area contributed by atoms with Crippen molar-refractivity contribution >= 4 is 11.9 Å². The molecule has 0 aliphatic carbocycles. The molecule has 0 bridgehead atoms. The van der Waals surface area contributed by atoms with Crippen LogP contribution in [-0.4, -0.2) is 22.0 Å². The van der Waals surface area contributed by atoms with E-state index in [1.54, 1.807) is 13.0 Å². The molecule has 1 atom stereocenters. The van der Waals surface area contributed by atoms with Gasteiger partial charge in [0.15, 0.2) is 17.4 Å². The van der Waals surface area contributed by atoms with Gasteiger partial charge in [-0.05, 0) is 31.5 Å². The molecule has 1 aliphatic heterocycles. The van der Waals surface area contributed by atoms with Crippen molar-refractivity contribution < 1.29 is 22.9 Å². The quantitative estimate of drug-likeness (QED) is 0.880. The Bertz CT molecular complexity index is 805. The van der Waals surface area contributed by atoms with Gasteiger partial charge in [0, 0.05) is 6.07 Å². The lowest BCUT2D eigenvalue weighted by molar-refractivity contribution is -0.131. The van der Waals surface area contributed by atoms with E-state index in [0.717, 1.165) is 17.0 Å². The summed E-state index contributed by atoms with van der Waals surface area (Å²) in [5.74, 6) is -2.35. The second-order valence-corrected chi connectivity index (χ2v) is 5.51. The topological polar surface area (TPSA) is 75.4 Å². The number of hydrogen-bond donors (Lipinski definition) is 1. The summed E-state index contributed by atoms with van der Waals surface area (Å²) < 4.78 is 31.5. The molecule has 1 fully saturated rings. The SMILES string of the molecule is Cc1cc(CN2C(=O)N[C@](C)(c3ccc(F)c(F)c3)C2=O)on1. The Kier molecular flexibility index (Phi) is 3.39. The number of amides is 3. The van der Waals surface area contributed by atoms with Gasteiger partial charge in [0.2, 0.25) is 0 Å². The van der Waals surface area contributed by atoms with E-state index in [1.807, 2.05) is 0 Å². The van der Waals surface area contributed by atoms with Gasteiger partial charge in [-0.25, -0.2) is 13.6 Å². The van der Waals surface area contributed by atoms with Crippen molar-refractivity contribution in [3.63, 3.8) is 0 Å². The standard InChI is InChI=1S/C15H13F2N3O3/c1-8-5-10(23-19-8)7-20-13(21)15(2,18-14(20)22)9-3-4-11(16)12(17)6-9/h3-6H,7H2,1-2H3,(H,18,22)/t15-/m1/s1. The van der Waals surface area contributed by atoms with Crippen LogP contribution in [0.2, 0.25) is 0 Å². The summed E-state index contributed by atoms with van der Waals surface area (Å²) in [7, 11) is 0. The molecule has 0 saturated carbocycles. The zero-order valence-corrected chi connectivity index (χ0v) is 12.4. The Morgan fingerprint density at radius 3 is 2.61 bits per heavy atom. The molecule has 23 heavy (non-hydrogen) atoms. The van der Waals surface area contributed by atoms with Gasteiger partial charge < -0.3 is 9.84 Å². The van der Waals surface area contributed by atoms with Crippen molar-refractivity contribution in [3.8, 4) is 0 Å². The maximum Gasteiger partial charge on any atom is 0.325 e. The van der Waals surface area contributed by atoms with E-state index in [4.69, 9.17) is 4.52 Å². The molecule has 2 heterocycles. The molecular weight excluding hydrogens is 308 g/mol. The van der Waals surface area contributed by atoms with Gasteiger partial charge in [0.05, 0.1) is 12.2 Å². The van der Waals surface area contributed by atoms with Crippen LogP contribution >= 0.6 is 0 Å². The van der Waals surface area contributed by atoms with Gasteiger partial charge in [-0.2, -0.15) is 0 Å². The second kappa shape index (κ2) is 5.15. The van der Waals surface area contributed by atoms with Crippen LogP contribution in [0.15, 0.2) is 28.8 Å². The van der Waals surface area contributed by atoms with Gasteiger partial charge in [0.1, 0.15) is 5.54 Å². The van der Waals surface area contributed by atoms with Crippen molar-refractivity contribution in [3.05, 3.63) is 52.9 Å². The van der Waals surface area contributed by atoms with Crippen molar-refractivity contribution in [1.29, 1.82) is 0 Å². The van der Waals surface area contributed by atoms with E-state index in [2.05, 4.69) is 10.5 Å². The van der Waals surface area contributed by atoms with Crippen LogP contribution in [0, 0.1) is 18.6 Å². The lowest BCUT2D eigenvalue weighted by Gasteiger charge is -2.22. The van der Waals surface area contributed by atoms with Crippen molar-refractivity contribution in [2.45, 2.75) is 25.9 Å². The number of imide groups is 1. The first kappa shape index (κ1) is 15.1. The summed E-state index contributed by atoms with van der Waals surface area (Å²) in [5, 5.41) is 6.20. The molecule has 0 spiro atoms. The molecule has 3 amide bonds. The largest absolute Gasteiger partial charge is 0.359 e. The van der Waals surface area contributed by atoms with Crippen LogP contribution in [0.5, 0.6) is 0 Å². The monoisotopic (exact) mass is 321 g/mol. The number of hydrogen-bond acceptors (Lipinski definition) is 4. The number of carbonyl (C=O) groups excluding carboxylic acids is 2. The van der Waals surface area contributed by atoms with E-state index in [1.165, 1.54) is 13.0 Å². The van der Waals surface area contributed by atoms with E-state index >= 15 is 0 Å². The number of nitrogens with zero attached hydrogens (tertiary/aromatic N) is 2. The van der Waals surface area contributed by atoms with Crippen LogP contribution < -0.4 is 5.32 Å². The van der Waals surface area contributed by atoms with Crippen molar-refractivity contribution in [2.24, 2.45) is 0 Å². The highest BCUT2D eigenvalue weighted by molar-refractivity contribution is 6.07. The second-order valence-electron chi connectivity index (χ2n) is 5.51. The van der Waals surface area contributed by atoms with E-state index < -0.39 is 29.1 Å². The Morgan fingerprint density at radius 2 is 2.00 bits per heavy atom. The zero-order valence-electron chi connectivity index (χ0n) is 12.4. The number of aryl methyl sites for hydroxylation is 1. The molecule has 1 saturated heterocycles. The first-order valence-corrected chi connectivity index (χ1v) is 6.83. The first-order valence-electron chi connectivity index (χ1n) is 6.83. The fourth-order valence-corrected chi connectivity index (χ4v) is 2.49. The molecule has 1 aliphatic rings. The van der Waals surface area contributed by atoms with Crippen molar-refractivity contribution in [2.75, 3.05) is 0 Å². The molecule has 8 heteroatoms. The number of rotatable bonds is 3. The minimum atomic E-state index is -1.47. The molecule has 3 rings (SSSR count). The highest BCUT2D eigenvalue weighted by Crippen LogP contribution is 2.30. The van der Waals surface area contributed by atoms with E-state index in [0.29, 0.717) is 11.5 Å². The molecular formula is C15H13F2N3O3. The van der Waals surface area contributed by atoms with Crippen molar-refractivity contribution in [1.82, 2.24) is 15.4 Å². The Morgan fingerprint density at radius 1 is 1.26 bits per heavy atom. The lowest BCUT2D eigenvalue weighted by atomic mass is 9.92. The normalized spacial score (nSPS) is 21.0. The average molecular weight is 321 g/mol. The molecule has 1 aromatic heterocycles. The van der Waals surface area contributed by atoms with E-state index in [-0.39, 0.29) is 12.1 Å². The Labute approximate surface area is 130 Å². The molecule has 2 aromatic rings. The first-order chi connectivity index (χ1) is 10.8. The van der Waals surface area contributed by atoms with Crippen LogP contribution in [-0.2, 0) is 16.9 Å². The number of halogens is 2. The van der Waals surface area contributed by atoms with Crippen LogP contribution in [0.1, 0.15) is 23.9 Å². The fraction of sp³-hybridized carbons (Fsp3) is 0.267. The summed E-state index contributed by atoms with van der Waals surface area (Å²) in [6.45, 7) is 3.06. The Balaban J connectivity index is 1.91.